The molecule has 0 spiro atoms. The van der Waals surface area contributed by atoms with Crippen molar-refractivity contribution >= 4 is 29.0 Å². The number of fused-ring (bicyclic) bond motifs is 1. The van der Waals surface area contributed by atoms with E-state index in [9.17, 15) is 4.79 Å². The van der Waals surface area contributed by atoms with Crippen LogP contribution in [0.5, 0.6) is 5.75 Å². The molecule has 0 fully saturated rings. The number of aryl methyl sites for hydroxylation is 1. The molecule has 26 heavy (non-hydrogen) atoms. The number of nitrogens with zero attached hydrogens (tertiary/aromatic N) is 2. The van der Waals surface area contributed by atoms with Crippen molar-refractivity contribution in [2.75, 3.05) is 6.61 Å². The first-order valence-corrected chi connectivity index (χ1v) is 8.31. The van der Waals surface area contributed by atoms with Gasteiger partial charge in [0.15, 0.2) is 5.96 Å². The smallest absolute Gasteiger partial charge is 0.213 e. The summed E-state index contributed by atoms with van der Waals surface area (Å²) in [5.74, 6) is 0.682. The van der Waals surface area contributed by atoms with E-state index >= 15 is 0 Å². The van der Waals surface area contributed by atoms with E-state index < -0.39 is 0 Å². The Balaban J connectivity index is 2.29. The summed E-state index contributed by atoms with van der Waals surface area (Å²) in [6.45, 7) is 4.46. The molecule has 0 radical (unpaired) electrons. The molecule has 0 aliphatic rings. The van der Waals surface area contributed by atoms with Crippen molar-refractivity contribution in [3.8, 4) is 17.0 Å². The number of carbonyl (C=O) groups is 1. The fourth-order valence-electron chi connectivity index (χ4n) is 2.82. The van der Waals surface area contributed by atoms with Crippen LogP contribution in [0.4, 0.5) is 5.69 Å². The van der Waals surface area contributed by atoms with Gasteiger partial charge in [0, 0.05) is 5.56 Å². The van der Waals surface area contributed by atoms with Crippen molar-refractivity contribution in [2.45, 2.75) is 13.8 Å². The molecule has 0 atom stereocenters. The average molecular weight is 348 g/mol. The number of hydrogen-bond acceptors (Lipinski definition) is 4. The first kappa shape index (κ1) is 17.4. The summed E-state index contributed by atoms with van der Waals surface area (Å²) in [7, 11) is 0. The molecule has 0 saturated carbocycles. The topological polar surface area (TPSA) is 89.6 Å². The number of hydrogen-bond donors (Lipinski definition) is 2. The highest BCUT2D eigenvalue weighted by Crippen LogP contribution is 2.37. The minimum absolute atomic E-state index is 0.00883. The van der Waals surface area contributed by atoms with Gasteiger partial charge in [0.05, 0.1) is 28.9 Å². The lowest BCUT2D eigenvalue weighted by atomic mass is 10.0. The second kappa shape index (κ2) is 7.65. The number of nitrogens with one attached hydrogen (secondary N) is 1. The van der Waals surface area contributed by atoms with E-state index in [0.29, 0.717) is 24.5 Å². The van der Waals surface area contributed by atoms with Gasteiger partial charge >= 0.3 is 0 Å². The van der Waals surface area contributed by atoms with Gasteiger partial charge in [-0.25, -0.2) is 9.98 Å². The number of guanidine groups is 1. The van der Waals surface area contributed by atoms with Gasteiger partial charge < -0.3 is 10.5 Å². The number of benzene rings is 2. The molecule has 3 aromatic rings. The second-order valence-electron chi connectivity index (χ2n) is 5.68. The van der Waals surface area contributed by atoms with Gasteiger partial charge in [0.2, 0.25) is 6.41 Å². The van der Waals surface area contributed by atoms with Crippen LogP contribution in [0.25, 0.3) is 22.2 Å². The molecule has 132 valence electrons. The maximum Gasteiger partial charge on any atom is 0.213 e. The minimum atomic E-state index is 0.00883. The van der Waals surface area contributed by atoms with E-state index in [1.807, 2.05) is 62.4 Å². The van der Waals surface area contributed by atoms with E-state index in [1.165, 1.54) is 0 Å². The quantitative estimate of drug-likeness (QED) is 0.420. The van der Waals surface area contributed by atoms with Gasteiger partial charge in [-0.2, -0.15) is 0 Å². The lowest BCUT2D eigenvalue weighted by Crippen LogP contribution is -2.29. The third kappa shape index (κ3) is 3.49. The zero-order valence-corrected chi connectivity index (χ0v) is 14.7. The second-order valence-corrected chi connectivity index (χ2v) is 5.68. The predicted octanol–water partition coefficient (Wildman–Crippen LogP) is 3.30. The SMILES string of the molecule is CCOc1cccc2nc(-c3ccccc3C)cc(N=C(N)NC=O)c12. The number of pyridine rings is 1. The molecule has 1 amide bonds. The molecule has 1 heterocycles. The third-order valence-electron chi connectivity index (χ3n) is 3.94. The summed E-state index contributed by atoms with van der Waals surface area (Å²) >= 11 is 0. The molecule has 2 aromatic carbocycles. The van der Waals surface area contributed by atoms with Crippen LogP contribution >= 0.6 is 0 Å². The van der Waals surface area contributed by atoms with Crippen molar-refractivity contribution < 1.29 is 9.53 Å². The van der Waals surface area contributed by atoms with Crippen molar-refractivity contribution in [1.29, 1.82) is 0 Å². The van der Waals surface area contributed by atoms with Gasteiger partial charge in [-0.05, 0) is 37.6 Å². The number of aromatic nitrogens is 1. The van der Waals surface area contributed by atoms with Crippen molar-refractivity contribution in [1.82, 2.24) is 10.3 Å². The summed E-state index contributed by atoms with van der Waals surface area (Å²) in [6, 6.07) is 15.5. The zero-order valence-electron chi connectivity index (χ0n) is 14.7. The van der Waals surface area contributed by atoms with E-state index in [2.05, 4.69) is 10.3 Å². The van der Waals surface area contributed by atoms with Crippen molar-refractivity contribution in [3.05, 3.63) is 54.1 Å². The highest BCUT2D eigenvalue weighted by Gasteiger charge is 2.13. The van der Waals surface area contributed by atoms with Crippen molar-refractivity contribution in [3.63, 3.8) is 0 Å². The van der Waals surface area contributed by atoms with Crippen LogP contribution in [0.2, 0.25) is 0 Å². The molecular weight excluding hydrogens is 328 g/mol. The summed E-state index contributed by atoms with van der Waals surface area (Å²) in [5, 5.41) is 3.12. The van der Waals surface area contributed by atoms with E-state index in [1.54, 1.807) is 0 Å². The van der Waals surface area contributed by atoms with Gasteiger partial charge in [0.1, 0.15) is 5.75 Å². The first-order chi connectivity index (χ1) is 12.6. The maximum absolute atomic E-state index is 10.7. The Labute approximate surface area is 151 Å². The molecule has 6 heteroatoms. The summed E-state index contributed by atoms with van der Waals surface area (Å²) in [4.78, 5) is 19.8. The zero-order chi connectivity index (χ0) is 18.5. The highest BCUT2D eigenvalue weighted by molar-refractivity contribution is 6.00. The van der Waals surface area contributed by atoms with Crippen LogP contribution < -0.4 is 15.8 Å². The molecule has 0 saturated heterocycles. The number of nitrogens with two attached hydrogens (primary N) is 1. The Morgan fingerprint density at radius 3 is 2.81 bits per heavy atom. The molecular formula is C20H20N4O2. The van der Waals surface area contributed by atoms with Crippen LogP contribution in [0, 0.1) is 6.92 Å². The Hall–Kier alpha value is -3.41. The molecule has 0 aliphatic carbocycles. The summed E-state index contributed by atoms with van der Waals surface area (Å²) < 4.78 is 5.73. The number of amides is 1. The fourth-order valence-corrected chi connectivity index (χ4v) is 2.82. The molecule has 1 aromatic heterocycles. The van der Waals surface area contributed by atoms with Gasteiger partial charge in [0.25, 0.3) is 0 Å². The van der Waals surface area contributed by atoms with E-state index in [-0.39, 0.29) is 5.96 Å². The molecule has 0 unspecified atom stereocenters. The Morgan fingerprint density at radius 2 is 2.08 bits per heavy atom. The predicted molar refractivity (Wildman–Crippen MR) is 104 cm³/mol. The third-order valence-corrected chi connectivity index (χ3v) is 3.94. The number of carbonyl (C=O) groups excluding carboxylic acids is 1. The number of ether oxygens (including phenoxy) is 1. The van der Waals surface area contributed by atoms with Crippen molar-refractivity contribution in [2.24, 2.45) is 10.7 Å². The highest BCUT2D eigenvalue weighted by atomic mass is 16.5. The standard InChI is InChI=1S/C20H20N4O2/c1-3-26-18-10-6-9-15-19(18)17(24-20(21)22-12-25)11-16(23-15)14-8-5-4-7-13(14)2/h4-12H,3H2,1-2H3,(H3,21,22,23,24,25). The van der Waals surface area contributed by atoms with Gasteiger partial charge in [-0.1, -0.05) is 30.3 Å². The van der Waals surface area contributed by atoms with E-state index in [0.717, 1.165) is 27.7 Å². The lowest BCUT2D eigenvalue weighted by molar-refractivity contribution is -0.108. The Kier molecular flexibility index (Phi) is 5.12. The first-order valence-electron chi connectivity index (χ1n) is 8.31. The molecule has 3 N–H and O–H groups in total. The summed E-state index contributed by atoms with van der Waals surface area (Å²) in [5.41, 5.74) is 10.0. The largest absolute Gasteiger partial charge is 0.493 e. The number of rotatable bonds is 5. The van der Waals surface area contributed by atoms with Crippen LogP contribution in [0.3, 0.4) is 0 Å². The van der Waals surface area contributed by atoms with Crippen LogP contribution in [0.15, 0.2) is 53.5 Å². The Bertz CT molecular complexity index is 983. The van der Waals surface area contributed by atoms with Crippen LogP contribution in [-0.4, -0.2) is 24.0 Å². The summed E-state index contributed by atoms with van der Waals surface area (Å²) in [6.07, 6.45) is 0.494. The molecule has 3 rings (SSSR count). The lowest BCUT2D eigenvalue weighted by Gasteiger charge is -2.13. The molecule has 0 aliphatic heterocycles. The average Bonchev–Trinajstić information content (AvgIpc) is 2.62. The minimum Gasteiger partial charge on any atom is -0.493 e. The Morgan fingerprint density at radius 1 is 1.27 bits per heavy atom. The number of aliphatic imine (C=N–C) groups is 1. The fraction of sp³-hybridized carbons (Fsp3) is 0.150. The van der Waals surface area contributed by atoms with Crippen LogP contribution in [0.1, 0.15) is 12.5 Å². The normalized spacial score (nSPS) is 11.4. The maximum atomic E-state index is 10.7. The van der Waals surface area contributed by atoms with E-state index in [4.69, 9.17) is 15.5 Å². The molecule has 0 bridgehead atoms. The molecule has 6 nitrogen and oxygen atoms in total. The van der Waals surface area contributed by atoms with Gasteiger partial charge in [-0.3, -0.25) is 10.1 Å². The monoisotopic (exact) mass is 348 g/mol. The van der Waals surface area contributed by atoms with Gasteiger partial charge in [-0.15, -0.1) is 0 Å². The van der Waals surface area contributed by atoms with Crippen LogP contribution in [-0.2, 0) is 4.79 Å².